The number of nitrogens with zero attached hydrogens (tertiary/aromatic N) is 6. The van der Waals surface area contributed by atoms with Crippen molar-refractivity contribution in [3.05, 3.63) is 36.2 Å². The highest BCUT2D eigenvalue weighted by molar-refractivity contribution is 5.52. The Morgan fingerprint density at radius 1 is 0.882 bits per heavy atom. The first-order valence-electron chi connectivity index (χ1n) is 4.85. The highest BCUT2D eigenvalue weighted by Gasteiger charge is 1.98. The van der Waals surface area contributed by atoms with Gasteiger partial charge in [0.05, 0.1) is 0 Å². The van der Waals surface area contributed by atoms with E-state index in [1.165, 1.54) is 0 Å². The minimum absolute atomic E-state index is 0.630. The average molecular weight is 230 g/mol. The van der Waals surface area contributed by atoms with Crippen LogP contribution in [0.2, 0.25) is 0 Å². The van der Waals surface area contributed by atoms with Gasteiger partial charge in [-0.25, -0.2) is 0 Å². The summed E-state index contributed by atoms with van der Waals surface area (Å²) < 4.78 is 0. The summed E-state index contributed by atoms with van der Waals surface area (Å²) in [5.74, 6) is 1.31. The smallest absolute Gasteiger partial charge is 0.177 e. The van der Waals surface area contributed by atoms with E-state index in [1.54, 1.807) is 6.92 Å². The summed E-state index contributed by atoms with van der Waals surface area (Å²) in [7, 11) is 0. The first kappa shape index (κ1) is 10.9. The van der Waals surface area contributed by atoms with Crippen molar-refractivity contribution in [2.75, 3.05) is 0 Å². The lowest BCUT2D eigenvalue weighted by Gasteiger charge is -1.89. The number of hydrogen-bond donors (Lipinski definition) is 2. The SMILES string of the molecule is Cc1nn[nH]n1.c1ccc(-c2nn[nH]n2)cc1. The lowest BCUT2D eigenvalue weighted by molar-refractivity contribution is 0.881. The molecule has 0 amide bonds. The standard InChI is InChI=1S/C7H6N4.C2H4N4/c1-2-4-6(5-3-1)7-8-10-11-9-7;1-2-3-5-6-4-2/h1-5H,(H,8,9,10,11);1H3,(H,3,4,5,6). The van der Waals surface area contributed by atoms with Gasteiger partial charge in [0, 0.05) is 5.56 Å². The second kappa shape index (κ2) is 5.45. The molecule has 2 heterocycles. The Labute approximate surface area is 96.5 Å². The Morgan fingerprint density at radius 3 is 2.06 bits per heavy atom. The third-order valence-corrected chi connectivity index (χ3v) is 1.83. The summed E-state index contributed by atoms with van der Waals surface area (Å²) in [6.45, 7) is 1.77. The van der Waals surface area contributed by atoms with Crippen molar-refractivity contribution in [1.82, 2.24) is 41.2 Å². The second-order valence-corrected chi connectivity index (χ2v) is 3.06. The fourth-order valence-electron chi connectivity index (χ4n) is 1.08. The van der Waals surface area contributed by atoms with Crippen LogP contribution in [0.5, 0.6) is 0 Å². The monoisotopic (exact) mass is 230 g/mol. The summed E-state index contributed by atoms with van der Waals surface area (Å²) in [5, 5.41) is 26.3. The number of benzene rings is 1. The van der Waals surface area contributed by atoms with Crippen molar-refractivity contribution >= 4 is 0 Å². The van der Waals surface area contributed by atoms with Crippen molar-refractivity contribution in [3.63, 3.8) is 0 Å². The van der Waals surface area contributed by atoms with Crippen LogP contribution in [0.15, 0.2) is 30.3 Å². The molecule has 1 aromatic carbocycles. The van der Waals surface area contributed by atoms with Crippen LogP contribution in [-0.2, 0) is 0 Å². The van der Waals surface area contributed by atoms with Gasteiger partial charge in [0.1, 0.15) is 0 Å². The van der Waals surface area contributed by atoms with Crippen LogP contribution in [0.4, 0.5) is 0 Å². The van der Waals surface area contributed by atoms with Crippen molar-refractivity contribution in [1.29, 1.82) is 0 Å². The number of H-pyrrole nitrogens is 2. The van der Waals surface area contributed by atoms with Gasteiger partial charge in [-0.1, -0.05) is 35.5 Å². The third kappa shape index (κ3) is 3.16. The molecule has 0 aliphatic rings. The Kier molecular flexibility index (Phi) is 3.48. The van der Waals surface area contributed by atoms with Crippen LogP contribution >= 0.6 is 0 Å². The van der Waals surface area contributed by atoms with Gasteiger partial charge in [-0.3, -0.25) is 0 Å². The zero-order valence-electron chi connectivity index (χ0n) is 9.07. The number of aromatic nitrogens is 8. The predicted molar refractivity (Wildman–Crippen MR) is 58.5 cm³/mol. The number of nitrogens with one attached hydrogen (secondary N) is 2. The van der Waals surface area contributed by atoms with E-state index in [-0.39, 0.29) is 0 Å². The Hall–Kier alpha value is -2.64. The zero-order chi connectivity index (χ0) is 11.9. The van der Waals surface area contributed by atoms with Gasteiger partial charge in [-0.15, -0.1) is 20.4 Å². The van der Waals surface area contributed by atoms with Gasteiger partial charge >= 0.3 is 0 Å². The first-order chi connectivity index (χ1) is 8.36. The van der Waals surface area contributed by atoms with Crippen molar-refractivity contribution in [2.45, 2.75) is 6.92 Å². The van der Waals surface area contributed by atoms with Crippen LogP contribution < -0.4 is 0 Å². The molecule has 0 aliphatic carbocycles. The van der Waals surface area contributed by atoms with Gasteiger partial charge in [-0.05, 0) is 12.1 Å². The lowest BCUT2D eigenvalue weighted by Crippen LogP contribution is -1.78. The molecule has 3 rings (SSSR count). The number of aryl methyl sites for hydroxylation is 1. The predicted octanol–water partition coefficient (Wildman–Crippen LogP) is 0.375. The largest absolute Gasteiger partial charge is 0.204 e. The van der Waals surface area contributed by atoms with Crippen molar-refractivity contribution < 1.29 is 0 Å². The third-order valence-electron chi connectivity index (χ3n) is 1.83. The van der Waals surface area contributed by atoms with Crippen LogP contribution in [0, 0.1) is 6.92 Å². The number of tetrazole rings is 2. The highest BCUT2D eigenvalue weighted by atomic mass is 15.5. The van der Waals surface area contributed by atoms with E-state index in [0.717, 1.165) is 5.56 Å². The van der Waals surface area contributed by atoms with Crippen LogP contribution in [0.25, 0.3) is 11.4 Å². The quantitative estimate of drug-likeness (QED) is 0.625. The molecule has 0 bridgehead atoms. The highest BCUT2D eigenvalue weighted by Crippen LogP contribution is 2.10. The number of hydrogen-bond acceptors (Lipinski definition) is 6. The molecule has 0 saturated heterocycles. The molecule has 0 spiro atoms. The normalized spacial score (nSPS) is 9.47. The maximum Gasteiger partial charge on any atom is 0.204 e. The van der Waals surface area contributed by atoms with E-state index >= 15 is 0 Å². The summed E-state index contributed by atoms with van der Waals surface area (Å²) in [5.41, 5.74) is 0.973. The summed E-state index contributed by atoms with van der Waals surface area (Å²) in [4.78, 5) is 0. The summed E-state index contributed by atoms with van der Waals surface area (Å²) in [6.07, 6.45) is 0. The van der Waals surface area contributed by atoms with E-state index in [9.17, 15) is 0 Å². The van der Waals surface area contributed by atoms with Gasteiger partial charge < -0.3 is 0 Å². The van der Waals surface area contributed by atoms with Crippen molar-refractivity contribution in [2.24, 2.45) is 0 Å². The van der Waals surface area contributed by atoms with E-state index in [1.807, 2.05) is 30.3 Å². The van der Waals surface area contributed by atoms with E-state index in [0.29, 0.717) is 11.6 Å². The van der Waals surface area contributed by atoms with Crippen LogP contribution in [0.1, 0.15) is 5.82 Å². The topological polar surface area (TPSA) is 109 Å². The molecule has 8 heteroatoms. The average Bonchev–Trinajstić information content (AvgIpc) is 3.03. The molecule has 0 unspecified atom stereocenters. The van der Waals surface area contributed by atoms with Gasteiger partial charge in [-0.2, -0.15) is 10.4 Å². The molecule has 2 N–H and O–H groups in total. The Morgan fingerprint density at radius 2 is 1.59 bits per heavy atom. The first-order valence-corrected chi connectivity index (χ1v) is 4.85. The van der Waals surface area contributed by atoms with E-state index < -0.39 is 0 Å². The minimum Gasteiger partial charge on any atom is -0.177 e. The molecule has 86 valence electrons. The molecule has 8 nitrogen and oxygen atoms in total. The van der Waals surface area contributed by atoms with E-state index in [4.69, 9.17) is 0 Å². The number of rotatable bonds is 1. The molecule has 2 aromatic heterocycles. The fraction of sp³-hybridized carbons (Fsp3) is 0.111. The minimum atomic E-state index is 0.630. The Balaban J connectivity index is 0.000000153. The molecule has 0 saturated carbocycles. The fourth-order valence-corrected chi connectivity index (χ4v) is 1.08. The van der Waals surface area contributed by atoms with E-state index in [2.05, 4.69) is 41.2 Å². The summed E-state index contributed by atoms with van der Waals surface area (Å²) in [6, 6.07) is 9.69. The Bertz CT molecular complexity index is 515. The van der Waals surface area contributed by atoms with Crippen molar-refractivity contribution in [3.8, 4) is 11.4 Å². The van der Waals surface area contributed by atoms with Gasteiger partial charge in [0.15, 0.2) is 5.82 Å². The van der Waals surface area contributed by atoms with Gasteiger partial charge in [0.2, 0.25) is 5.82 Å². The van der Waals surface area contributed by atoms with Gasteiger partial charge in [0.25, 0.3) is 0 Å². The number of aromatic amines is 2. The van der Waals surface area contributed by atoms with Crippen LogP contribution in [-0.4, -0.2) is 41.2 Å². The second-order valence-electron chi connectivity index (χ2n) is 3.06. The molecule has 0 aliphatic heterocycles. The molecule has 0 atom stereocenters. The summed E-state index contributed by atoms with van der Waals surface area (Å²) >= 11 is 0. The molecule has 0 fully saturated rings. The maximum atomic E-state index is 3.84. The molecule has 3 aromatic rings. The maximum absolute atomic E-state index is 3.84. The molecule has 17 heavy (non-hydrogen) atoms. The zero-order valence-corrected chi connectivity index (χ0v) is 9.07. The molecular formula is C9H10N8. The molecular weight excluding hydrogens is 220 g/mol. The van der Waals surface area contributed by atoms with Crippen LogP contribution in [0.3, 0.4) is 0 Å². The molecule has 0 radical (unpaired) electrons. The lowest BCUT2D eigenvalue weighted by atomic mass is 10.2.